The maximum atomic E-state index is 11.8. The highest BCUT2D eigenvalue weighted by Gasteiger charge is 2.29. The molecule has 6 heteroatoms. The lowest BCUT2D eigenvalue weighted by Gasteiger charge is -2.00. The summed E-state index contributed by atoms with van der Waals surface area (Å²) in [5.74, 6) is 0.684. The van der Waals surface area contributed by atoms with Crippen LogP contribution in [0.3, 0.4) is 0 Å². The number of nitrogens with two attached hydrogens (primary N) is 1. The molecule has 6 nitrogen and oxygen atoms in total. The van der Waals surface area contributed by atoms with Crippen molar-refractivity contribution in [1.82, 2.24) is 10.2 Å². The molecule has 18 heavy (non-hydrogen) atoms. The van der Waals surface area contributed by atoms with E-state index in [1.54, 1.807) is 24.3 Å². The van der Waals surface area contributed by atoms with E-state index in [0.717, 1.165) is 12.8 Å². The molecule has 1 aromatic carbocycles. The lowest BCUT2D eigenvalue weighted by molar-refractivity contribution is 0.102. The zero-order valence-electron chi connectivity index (χ0n) is 9.59. The maximum Gasteiger partial charge on any atom is 0.322 e. The van der Waals surface area contributed by atoms with Gasteiger partial charge in [-0.1, -0.05) is 5.10 Å². The summed E-state index contributed by atoms with van der Waals surface area (Å²) in [5, 5.41) is 10.2. The van der Waals surface area contributed by atoms with Gasteiger partial charge in [0.05, 0.1) is 0 Å². The van der Waals surface area contributed by atoms with Crippen LogP contribution in [0.5, 0.6) is 0 Å². The van der Waals surface area contributed by atoms with E-state index < -0.39 is 0 Å². The Balaban J connectivity index is 1.70. The normalized spacial score (nSPS) is 14.4. The number of nitrogens with zero attached hydrogens (tertiary/aromatic N) is 2. The number of nitrogen functional groups attached to an aromatic ring is 1. The Morgan fingerprint density at radius 3 is 2.67 bits per heavy atom. The van der Waals surface area contributed by atoms with E-state index in [2.05, 4.69) is 15.5 Å². The highest BCUT2D eigenvalue weighted by Crippen LogP contribution is 2.39. The van der Waals surface area contributed by atoms with Crippen molar-refractivity contribution in [1.29, 1.82) is 0 Å². The summed E-state index contributed by atoms with van der Waals surface area (Å²) < 4.78 is 5.34. The average molecular weight is 244 g/mol. The SMILES string of the molecule is Nc1ccc(C(=O)Nc2nnc(C3CC3)o2)cc1. The van der Waals surface area contributed by atoms with Crippen molar-refractivity contribution in [3.8, 4) is 0 Å². The topological polar surface area (TPSA) is 94.0 Å². The maximum absolute atomic E-state index is 11.8. The van der Waals surface area contributed by atoms with Gasteiger partial charge in [-0.3, -0.25) is 10.1 Å². The number of hydrogen-bond donors (Lipinski definition) is 2. The van der Waals surface area contributed by atoms with Crippen LogP contribution < -0.4 is 11.1 Å². The molecule has 1 fully saturated rings. The van der Waals surface area contributed by atoms with Crippen molar-refractivity contribution >= 4 is 17.6 Å². The molecule has 0 atom stereocenters. The first-order valence-corrected chi connectivity index (χ1v) is 5.72. The largest absolute Gasteiger partial charge is 0.408 e. The van der Waals surface area contributed by atoms with Crippen LogP contribution >= 0.6 is 0 Å². The van der Waals surface area contributed by atoms with Crippen LogP contribution in [-0.2, 0) is 0 Å². The third-order valence-corrected chi connectivity index (χ3v) is 2.76. The fourth-order valence-electron chi connectivity index (χ4n) is 1.58. The minimum Gasteiger partial charge on any atom is -0.408 e. The zero-order chi connectivity index (χ0) is 12.5. The van der Waals surface area contributed by atoms with Crippen LogP contribution in [0.1, 0.15) is 35.0 Å². The number of carbonyl (C=O) groups excluding carboxylic acids is 1. The minimum atomic E-state index is -0.291. The number of benzene rings is 1. The Bertz CT molecular complexity index is 572. The van der Waals surface area contributed by atoms with Crippen molar-refractivity contribution in [3.05, 3.63) is 35.7 Å². The summed E-state index contributed by atoms with van der Waals surface area (Å²) in [5.41, 5.74) is 6.66. The first kappa shape index (κ1) is 10.8. The van der Waals surface area contributed by atoms with Crippen LogP contribution in [0.15, 0.2) is 28.7 Å². The molecule has 1 heterocycles. The quantitative estimate of drug-likeness (QED) is 0.802. The molecular weight excluding hydrogens is 232 g/mol. The van der Waals surface area contributed by atoms with Gasteiger partial charge in [-0.25, -0.2) is 0 Å². The molecule has 0 saturated heterocycles. The van der Waals surface area contributed by atoms with Crippen molar-refractivity contribution in [3.63, 3.8) is 0 Å². The summed E-state index contributed by atoms with van der Waals surface area (Å²) in [6.45, 7) is 0. The molecular formula is C12H12N4O2. The fraction of sp³-hybridized carbons (Fsp3) is 0.250. The summed E-state index contributed by atoms with van der Waals surface area (Å²) in [7, 11) is 0. The number of rotatable bonds is 3. The van der Waals surface area contributed by atoms with E-state index >= 15 is 0 Å². The second-order valence-corrected chi connectivity index (χ2v) is 4.30. The van der Waals surface area contributed by atoms with E-state index in [1.165, 1.54) is 0 Å². The predicted octanol–water partition coefficient (Wildman–Crippen LogP) is 1.78. The Morgan fingerprint density at radius 2 is 2.00 bits per heavy atom. The predicted molar refractivity (Wildman–Crippen MR) is 65.1 cm³/mol. The molecule has 92 valence electrons. The lowest BCUT2D eigenvalue weighted by atomic mass is 10.2. The smallest absolute Gasteiger partial charge is 0.322 e. The van der Waals surface area contributed by atoms with Gasteiger partial charge < -0.3 is 10.2 Å². The summed E-state index contributed by atoms with van der Waals surface area (Å²) in [6.07, 6.45) is 2.15. The van der Waals surface area contributed by atoms with Gasteiger partial charge >= 0.3 is 6.01 Å². The molecule has 0 radical (unpaired) electrons. The van der Waals surface area contributed by atoms with Crippen LogP contribution in [0.2, 0.25) is 0 Å². The van der Waals surface area contributed by atoms with Crippen molar-refractivity contribution in [2.24, 2.45) is 0 Å². The molecule has 2 aromatic rings. The molecule has 3 rings (SSSR count). The lowest BCUT2D eigenvalue weighted by Crippen LogP contribution is -2.12. The van der Waals surface area contributed by atoms with Gasteiger partial charge in [0.2, 0.25) is 5.89 Å². The van der Waals surface area contributed by atoms with E-state index in [-0.39, 0.29) is 11.9 Å². The summed E-state index contributed by atoms with van der Waals surface area (Å²) in [4.78, 5) is 11.8. The molecule has 3 N–H and O–H groups in total. The molecule has 1 aliphatic rings. The van der Waals surface area contributed by atoms with E-state index in [1.807, 2.05) is 0 Å². The Kier molecular flexibility index (Phi) is 2.47. The highest BCUT2D eigenvalue weighted by atomic mass is 16.4. The van der Waals surface area contributed by atoms with Gasteiger partial charge in [-0.05, 0) is 37.1 Å². The monoisotopic (exact) mass is 244 g/mol. The molecule has 1 saturated carbocycles. The highest BCUT2D eigenvalue weighted by molar-refractivity contribution is 6.03. The van der Waals surface area contributed by atoms with Crippen molar-refractivity contribution < 1.29 is 9.21 Å². The number of amides is 1. The average Bonchev–Trinajstić information content (AvgIpc) is 3.11. The Hall–Kier alpha value is -2.37. The molecule has 0 bridgehead atoms. The third kappa shape index (κ3) is 2.17. The zero-order valence-corrected chi connectivity index (χ0v) is 9.59. The number of anilines is 2. The molecule has 0 aliphatic heterocycles. The van der Waals surface area contributed by atoms with Gasteiger partial charge in [0.1, 0.15) is 0 Å². The first-order valence-electron chi connectivity index (χ1n) is 5.72. The van der Waals surface area contributed by atoms with Gasteiger partial charge in [0, 0.05) is 17.2 Å². The number of aromatic nitrogens is 2. The van der Waals surface area contributed by atoms with Crippen molar-refractivity contribution in [2.75, 3.05) is 11.1 Å². The first-order chi connectivity index (χ1) is 8.72. The summed E-state index contributed by atoms with van der Waals surface area (Å²) >= 11 is 0. The standard InChI is InChI=1S/C12H12N4O2/c13-9-5-3-7(4-6-9)10(17)14-12-16-15-11(18-12)8-1-2-8/h3-6,8H,1-2,13H2,(H,14,16,17). The number of carbonyl (C=O) groups is 1. The fourth-order valence-corrected chi connectivity index (χ4v) is 1.58. The van der Waals surface area contributed by atoms with Crippen molar-refractivity contribution in [2.45, 2.75) is 18.8 Å². The second-order valence-electron chi connectivity index (χ2n) is 4.30. The van der Waals surface area contributed by atoms with E-state index in [4.69, 9.17) is 10.2 Å². The van der Waals surface area contributed by atoms with E-state index in [0.29, 0.717) is 23.1 Å². The van der Waals surface area contributed by atoms with E-state index in [9.17, 15) is 4.79 Å². The molecule has 0 unspecified atom stereocenters. The van der Waals surface area contributed by atoms with Crippen LogP contribution in [-0.4, -0.2) is 16.1 Å². The van der Waals surface area contributed by atoms with Gasteiger partial charge in [-0.15, -0.1) is 5.10 Å². The number of hydrogen-bond acceptors (Lipinski definition) is 5. The van der Waals surface area contributed by atoms with Gasteiger partial charge in [0.25, 0.3) is 5.91 Å². The minimum absolute atomic E-state index is 0.138. The Morgan fingerprint density at radius 1 is 1.28 bits per heavy atom. The molecule has 0 spiro atoms. The van der Waals surface area contributed by atoms with Gasteiger partial charge in [-0.2, -0.15) is 0 Å². The van der Waals surface area contributed by atoms with Gasteiger partial charge in [0.15, 0.2) is 0 Å². The Labute approximate surface area is 103 Å². The molecule has 1 aliphatic carbocycles. The molecule has 1 aromatic heterocycles. The second kappa shape index (κ2) is 4.14. The van der Waals surface area contributed by atoms with Crippen LogP contribution in [0.25, 0.3) is 0 Å². The van der Waals surface area contributed by atoms with Crippen LogP contribution in [0.4, 0.5) is 11.7 Å². The third-order valence-electron chi connectivity index (χ3n) is 2.76. The summed E-state index contributed by atoms with van der Waals surface area (Å²) in [6, 6.07) is 6.75. The number of nitrogens with one attached hydrogen (secondary N) is 1. The van der Waals surface area contributed by atoms with Crippen LogP contribution in [0, 0.1) is 0 Å². The molecule has 1 amide bonds.